The van der Waals surface area contributed by atoms with Crippen LogP contribution in [0, 0.1) is 0 Å². The normalized spacial score (nSPS) is 14.5. The lowest BCUT2D eigenvalue weighted by Gasteiger charge is -2.17. The maximum atomic E-state index is 3.75. The molecule has 0 saturated heterocycles. The van der Waals surface area contributed by atoms with Crippen LogP contribution in [-0.4, -0.2) is 12.1 Å². The van der Waals surface area contributed by atoms with Crippen LogP contribution < -0.4 is 5.32 Å². The van der Waals surface area contributed by atoms with Crippen LogP contribution >= 0.6 is 0 Å². The minimum Gasteiger partial charge on any atom is -0.308 e. The number of hydrogen-bond acceptors (Lipinski definition) is 1. The van der Waals surface area contributed by atoms with Crippen molar-refractivity contribution < 1.29 is 0 Å². The van der Waals surface area contributed by atoms with E-state index in [0.717, 1.165) is 0 Å². The molecule has 0 aromatic heterocycles. The Labute approximate surface area is 75.9 Å². The minimum atomic E-state index is 0.348. The molecule has 0 aromatic rings. The smallest absolute Gasteiger partial charge is 0.0293 e. The Morgan fingerprint density at radius 1 is 1.25 bits per heavy atom. The van der Waals surface area contributed by atoms with E-state index in [-0.39, 0.29) is 0 Å². The molecule has 1 nitrogen and oxygen atoms in total. The Bertz CT molecular complexity index is 177. The quantitative estimate of drug-likeness (QED) is 0.618. The van der Waals surface area contributed by atoms with Crippen LogP contribution in [0.4, 0.5) is 0 Å². The average Bonchev–Trinajstić information content (AvgIpc) is 1.98. The zero-order valence-corrected chi connectivity index (χ0v) is 8.30. The second-order valence-electron chi connectivity index (χ2n) is 3.15. The molecule has 0 fully saturated rings. The molecule has 0 aliphatic rings. The molecule has 1 unspecified atom stereocenters. The van der Waals surface area contributed by atoms with Gasteiger partial charge in [0.05, 0.1) is 0 Å². The monoisotopic (exact) mass is 165 g/mol. The summed E-state index contributed by atoms with van der Waals surface area (Å²) in [6, 6.07) is 0.841. The molecular weight excluding hydrogens is 146 g/mol. The highest BCUT2D eigenvalue weighted by molar-refractivity contribution is 5.25. The van der Waals surface area contributed by atoms with E-state index < -0.39 is 0 Å². The Morgan fingerprint density at radius 3 is 2.17 bits per heavy atom. The Morgan fingerprint density at radius 2 is 1.83 bits per heavy atom. The molecule has 1 atom stereocenters. The molecule has 0 aliphatic carbocycles. The van der Waals surface area contributed by atoms with E-state index in [0.29, 0.717) is 12.1 Å². The summed E-state index contributed by atoms with van der Waals surface area (Å²) >= 11 is 0. The van der Waals surface area contributed by atoms with Crippen LogP contribution in [0.5, 0.6) is 0 Å². The topological polar surface area (TPSA) is 12.0 Å². The summed E-state index contributed by atoms with van der Waals surface area (Å²) in [6.45, 7) is 13.8. The third-order valence-electron chi connectivity index (χ3n) is 1.63. The van der Waals surface area contributed by atoms with E-state index in [1.54, 1.807) is 6.08 Å². The van der Waals surface area contributed by atoms with Crippen molar-refractivity contribution in [3.05, 3.63) is 37.0 Å². The largest absolute Gasteiger partial charge is 0.308 e. The second kappa shape index (κ2) is 5.78. The van der Waals surface area contributed by atoms with Gasteiger partial charge >= 0.3 is 0 Å². The minimum absolute atomic E-state index is 0.348. The average molecular weight is 165 g/mol. The third kappa shape index (κ3) is 4.14. The van der Waals surface area contributed by atoms with Crippen molar-refractivity contribution in [3.8, 4) is 0 Å². The standard InChI is InChI=1S/C11H19N/c1-6-8-11(7-2)10(5)12-9(3)4/h6-10,12H,1-2H2,3-5H3/b11-8+. The van der Waals surface area contributed by atoms with Crippen LogP contribution in [0.3, 0.4) is 0 Å². The van der Waals surface area contributed by atoms with Gasteiger partial charge in [0.15, 0.2) is 0 Å². The lowest BCUT2D eigenvalue weighted by atomic mass is 10.1. The van der Waals surface area contributed by atoms with Crippen LogP contribution in [0.1, 0.15) is 20.8 Å². The van der Waals surface area contributed by atoms with Crippen molar-refractivity contribution in [2.24, 2.45) is 0 Å². The van der Waals surface area contributed by atoms with Gasteiger partial charge < -0.3 is 5.32 Å². The fourth-order valence-electron chi connectivity index (χ4n) is 1.12. The molecule has 0 rings (SSSR count). The Kier molecular flexibility index (Phi) is 5.39. The molecule has 0 spiro atoms. The van der Waals surface area contributed by atoms with Crippen LogP contribution in [0.2, 0.25) is 0 Å². The van der Waals surface area contributed by atoms with Gasteiger partial charge in [0, 0.05) is 12.1 Å². The maximum absolute atomic E-state index is 3.75. The molecular formula is C11H19N. The maximum Gasteiger partial charge on any atom is 0.0293 e. The summed E-state index contributed by atoms with van der Waals surface area (Å²) in [7, 11) is 0. The molecule has 68 valence electrons. The van der Waals surface area contributed by atoms with E-state index >= 15 is 0 Å². The molecule has 12 heavy (non-hydrogen) atoms. The van der Waals surface area contributed by atoms with Gasteiger partial charge in [0.1, 0.15) is 0 Å². The third-order valence-corrected chi connectivity index (χ3v) is 1.63. The molecule has 0 amide bonds. The molecule has 0 aromatic carbocycles. The van der Waals surface area contributed by atoms with E-state index in [1.807, 2.05) is 12.2 Å². The fraction of sp³-hybridized carbons (Fsp3) is 0.455. The molecule has 0 heterocycles. The predicted molar refractivity (Wildman–Crippen MR) is 56.2 cm³/mol. The van der Waals surface area contributed by atoms with Crippen LogP contribution in [0.15, 0.2) is 37.0 Å². The van der Waals surface area contributed by atoms with Gasteiger partial charge in [0.25, 0.3) is 0 Å². The first-order valence-corrected chi connectivity index (χ1v) is 4.33. The second-order valence-corrected chi connectivity index (χ2v) is 3.15. The van der Waals surface area contributed by atoms with E-state index in [1.165, 1.54) is 5.57 Å². The first kappa shape index (κ1) is 11.2. The lowest BCUT2D eigenvalue weighted by molar-refractivity contribution is 0.539. The van der Waals surface area contributed by atoms with Crippen LogP contribution in [-0.2, 0) is 0 Å². The number of allylic oxidation sites excluding steroid dienone is 2. The zero-order valence-electron chi connectivity index (χ0n) is 8.30. The van der Waals surface area contributed by atoms with Crippen molar-refractivity contribution in [2.45, 2.75) is 32.9 Å². The summed E-state index contributed by atoms with van der Waals surface area (Å²) in [5, 5.41) is 3.39. The number of rotatable bonds is 5. The highest BCUT2D eigenvalue weighted by Gasteiger charge is 2.04. The molecule has 0 radical (unpaired) electrons. The van der Waals surface area contributed by atoms with E-state index in [9.17, 15) is 0 Å². The van der Waals surface area contributed by atoms with Crippen molar-refractivity contribution in [1.82, 2.24) is 5.32 Å². The molecule has 0 bridgehead atoms. The Balaban J connectivity index is 4.21. The van der Waals surface area contributed by atoms with Gasteiger partial charge in [-0.1, -0.05) is 45.2 Å². The summed E-state index contributed by atoms with van der Waals surface area (Å²) in [5.74, 6) is 0. The van der Waals surface area contributed by atoms with E-state index in [2.05, 4.69) is 39.2 Å². The highest BCUT2D eigenvalue weighted by atomic mass is 14.9. The molecule has 1 N–H and O–H groups in total. The van der Waals surface area contributed by atoms with Crippen molar-refractivity contribution >= 4 is 0 Å². The number of hydrogen-bond donors (Lipinski definition) is 1. The molecule has 1 heteroatoms. The zero-order chi connectivity index (χ0) is 9.56. The van der Waals surface area contributed by atoms with Gasteiger partial charge in [-0.15, -0.1) is 0 Å². The lowest BCUT2D eigenvalue weighted by Crippen LogP contribution is -2.33. The highest BCUT2D eigenvalue weighted by Crippen LogP contribution is 2.03. The summed E-state index contributed by atoms with van der Waals surface area (Å²) in [5.41, 5.74) is 1.18. The molecule has 0 aliphatic heterocycles. The van der Waals surface area contributed by atoms with Crippen molar-refractivity contribution in [3.63, 3.8) is 0 Å². The van der Waals surface area contributed by atoms with Gasteiger partial charge in [-0.2, -0.15) is 0 Å². The van der Waals surface area contributed by atoms with Gasteiger partial charge in [-0.05, 0) is 12.5 Å². The van der Waals surface area contributed by atoms with Gasteiger partial charge in [-0.3, -0.25) is 0 Å². The summed E-state index contributed by atoms with van der Waals surface area (Å²) in [4.78, 5) is 0. The fourth-order valence-corrected chi connectivity index (χ4v) is 1.12. The molecule has 0 saturated carbocycles. The summed E-state index contributed by atoms with van der Waals surface area (Å²) in [6.07, 6.45) is 5.63. The van der Waals surface area contributed by atoms with Gasteiger partial charge in [-0.25, -0.2) is 0 Å². The van der Waals surface area contributed by atoms with Crippen molar-refractivity contribution in [1.29, 1.82) is 0 Å². The van der Waals surface area contributed by atoms with E-state index in [4.69, 9.17) is 0 Å². The Hall–Kier alpha value is -0.820. The van der Waals surface area contributed by atoms with Crippen LogP contribution in [0.25, 0.3) is 0 Å². The predicted octanol–water partition coefficient (Wildman–Crippen LogP) is 2.67. The summed E-state index contributed by atoms with van der Waals surface area (Å²) < 4.78 is 0. The number of nitrogens with one attached hydrogen (secondary N) is 1. The first-order chi connectivity index (χ1) is 5.61. The van der Waals surface area contributed by atoms with Crippen molar-refractivity contribution in [2.75, 3.05) is 0 Å². The van der Waals surface area contributed by atoms with Gasteiger partial charge in [0.2, 0.25) is 0 Å². The first-order valence-electron chi connectivity index (χ1n) is 4.33. The SMILES string of the molecule is C=C/C=C(\C=C)C(C)NC(C)C.